The van der Waals surface area contributed by atoms with Crippen LogP contribution >= 0.6 is 0 Å². The van der Waals surface area contributed by atoms with E-state index < -0.39 is 17.2 Å². The molecule has 9 nitrogen and oxygen atoms in total. The number of imidazole rings is 1. The quantitative estimate of drug-likeness (QED) is 0.392. The van der Waals surface area contributed by atoms with Crippen LogP contribution in [0.15, 0.2) is 43.1 Å². The lowest BCUT2D eigenvalue weighted by Crippen LogP contribution is -2.57. The second kappa shape index (κ2) is 9.31. The molecule has 0 bridgehead atoms. The van der Waals surface area contributed by atoms with Crippen LogP contribution in [-0.2, 0) is 11.3 Å². The van der Waals surface area contributed by atoms with Gasteiger partial charge in [0.15, 0.2) is 23.1 Å². The van der Waals surface area contributed by atoms with Crippen molar-refractivity contribution in [3.63, 3.8) is 0 Å². The number of hydrogen-bond donors (Lipinski definition) is 2. The van der Waals surface area contributed by atoms with Crippen molar-refractivity contribution in [1.29, 1.82) is 0 Å². The minimum atomic E-state index is -0.919. The van der Waals surface area contributed by atoms with Crippen LogP contribution in [0.4, 0.5) is 20.3 Å². The fourth-order valence-electron chi connectivity index (χ4n) is 4.91. The number of rotatable bonds is 7. The number of ether oxygens (including phenoxy) is 1. The summed E-state index contributed by atoms with van der Waals surface area (Å²) < 4.78 is 35.4. The number of pyridine rings is 1. The molecule has 4 N–H and O–H groups in total. The standard InChI is InChI=1S/C26H28F2N8O/c27-19-5-2-16(8-20(19)28)21-9-17(11-36-15-34-23-24(29)32-14-33-25(23)36)22(10-31-21)35-7-1-6-26(30,12-35)13-37-18-3-4-18/h2,5,8-10,14-15,18H,1,3-4,6-7,11-13,30H2,(H2,29,32,33)/t26-/m1/s1. The predicted octanol–water partition coefficient (Wildman–Crippen LogP) is 3.27. The Morgan fingerprint density at radius 2 is 1.95 bits per heavy atom. The van der Waals surface area contributed by atoms with Gasteiger partial charge in [0.2, 0.25) is 0 Å². The van der Waals surface area contributed by atoms with Gasteiger partial charge < -0.3 is 25.7 Å². The Morgan fingerprint density at radius 1 is 1.08 bits per heavy atom. The molecule has 11 heteroatoms. The molecule has 0 radical (unpaired) electrons. The zero-order chi connectivity index (χ0) is 25.6. The second-order valence-corrected chi connectivity index (χ2v) is 10.0. The van der Waals surface area contributed by atoms with E-state index in [2.05, 4.69) is 24.8 Å². The lowest BCUT2D eigenvalue weighted by atomic mass is 9.90. The first-order valence-electron chi connectivity index (χ1n) is 12.4. The average Bonchev–Trinajstić information content (AvgIpc) is 3.64. The number of nitrogens with zero attached hydrogens (tertiary/aromatic N) is 6. The maximum Gasteiger partial charge on any atom is 0.165 e. The van der Waals surface area contributed by atoms with Crippen molar-refractivity contribution in [2.75, 3.05) is 30.3 Å². The first-order valence-corrected chi connectivity index (χ1v) is 12.4. The maximum absolute atomic E-state index is 14.0. The van der Waals surface area contributed by atoms with Crippen molar-refractivity contribution in [2.24, 2.45) is 5.73 Å². The van der Waals surface area contributed by atoms with Gasteiger partial charge in [0.05, 0.1) is 48.7 Å². The first kappa shape index (κ1) is 23.7. The van der Waals surface area contributed by atoms with Crippen LogP contribution in [0.5, 0.6) is 0 Å². The number of piperidine rings is 1. The summed E-state index contributed by atoms with van der Waals surface area (Å²) in [4.78, 5) is 19.6. The van der Waals surface area contributed by atoms with E-state index in [0.29, 0.717) is 54.0 Å². The van der Waals surface area contributed by atoms with E-state index in [1.165, 1.54) is 12.4 Å². The molecule has 6 rings (SSSR count). The van der Waals surface area contributed by atoms with Crippen LogP contribution in [0.25, 0.3) is 22.4 Å². The third-order valence-electron chi connectivity index (χ3n) is 7.03. The molecule has 1 saturated carbocycles. The van der Waals surface area contributed by atoms with Crippen LogP contribution in [0, 0.1) is 11.6 Å². The summed E-state index contributed by atoms with van der Waals surface area (Å²) in [6.07, 6.45) is 9.21. The van der Waals surface area contributed by atoms with Crippen LogP contribution in [0.2, 0.25) is 0 Å². The molecule has 1 aromatic carbocycles. The zero-order valence-electron chi connectivity index (χ0n) is 20.3. The van der Waals surface area contributed by atoms with E-state index in [4.69, 9.17) is 16.2 Å². The van der Waals surface area contributed by atoms with Crippen molar-refractivity contribution >= 4 is 22.7 Å². The van der Waals surface area contributed by atoms with Gasteiger partial charge in [0.1, 0.15) is 11.8 Å². The van der Waals surface area contributed by atoms with E-state index in [-0.39, 0.29) is 0 Å². The molecule has 1 saturated heterocycles. The Hall–Kier alpha value is -3.70. The molecule has 3 aromatic heterocycles. The molecule has 0 amide bonds. The molecule has 4 heterocycles. The van der Waals surface area contributed by atoms with Crippen molar-refractivity contribution < 1.29 is 13.5 Å². The lowest BCUT2D eigenvalue weighted by Gasteiger charge is -2.41. The summed E-state index contributed by atoms with van der Waals surface area (Å²) in [5.74, 6) is -1.51. The Morgan fingerprint density at radius 3 is 2.76 bits per heavy atom. The summed E-state index contributed by atoms with van der Waals surface area (Å²) in [6, 6.07) is 5.68. The van der Waals surface area contributed by atoms with Gasteiger partial charge in [-0.05, 0) is 55.5 Å². The Kier molecular flexibility index (Phi) is 5.96. The summed E-state index contributed by atoms with van der Waals surface area (Å²) >= 11 is 0. The first-order chi connectivity index (χ1) is 17.9. The number of aromatic nitrogens is 5. The highest BCUT2D eigenvalue weighted by Gasteiger charge is 2.35. The summed E-state index contributed by atoms with van der Waals surface area (Å²) in [5, 5.41) is 0. The minimum absolute atomic E-state index is 0.306. The van der Waals surface area contributed by atoms with Gasteiger partial charge in [-0.15, -0.1) is 0 Å². The van der Waals surface area contributed by atoms with Gasteiger partial charge in [-0.1, -0.05) is 0 Å². The zero-order valence-corrected chi connectivity index (χ0v) is 20.3. The van der Waals surface area contributed by atoms with Crippen LogP contribution < -0.4 is 16.4 Å². The molecule has 192 valence electrons. The fourth-order valence-corrected chi connectivity index (χ4v) is 4.91. The smallest absolute Gasteiger partial charge is 0.165 e. The minimum Gasteiger partial charge on any atom is -0.382 e. The molecule has 1 atom stereocenters. The number of halogens is 2. The Labute approximate surface area is 212 Å². The molecular formula is C26H28F2N8O. The third kappa shape index (κ3) is 4.84. The van der Waals surface area contributed by atoms with Gasteiger partial charge >= 0.3 is 0 Å². The molecule has 1 aliphatic heterocycles. The number of benzene rings is 1. The van der Waals surface area contributed by atoms with Gasteiger partial charge in [0, 0.05) is 18.7 Å². The van der Waals surface area contributed by atoms with Crippen LogP contribution in [0.3, 0.4) is 0 Å². The highest BCUT2D eigenvalue weighted by molar-refractivity contribution is 5.81. The van der Waals surface area contributed by atoms with Crippen LogP contribution in [-0.4, -0.2) is 55.8 Å². The topological polar surface area (TPSA) is 121 Å². The molecular weight excluding hydrogens is 478 g/mol. The Balaban J connectivity index is 1.37. The number of nitrogen functional groups attached to an aromatic ring is 1. The second-order valence-electron chi connectivity index (χ2n) is 10.0. The fraction of sp³-hybridized carbons (Fsp3) is 0.385. The molecule has 4 aromatic rings. The van der Waals surface area contributed by atoms with E-state index in [0.717, 1.165) is 55.6 Å². The van der Waals surface area contributed by atoms with Crippen molar-refractivity contribution in [1.82, 2.24) is 24.5 Å². The number of anilines is 2. The summed E-state index contributed by atoms with van der Waals surface area (Å²) in [7, 11) is 0. The predicted molar refractivity (Wildman–Crippen MR) is 136 cm³/mol. The summed E-state index contributed by atoms with van der Waals surface area (Å²) in [5.41, 5.74) is 16.3. The molecule has 2 fully saturated rings. The number of nitrogens with two attached hydrogens (primary N) is 2. The SMILES string of the molecule is Nc1ncnc2c1ncn2Cc1cc(-c2ccc(F)c(F)c2)ncc1N1CCC[C@](N)(COC2CC2)C1. The normalized spacial score (nSPS) is 20.0. The molecule has 0 unspecified atom stereocenters. The lowest BCUT2D eigenvalue weighted by molar-refractivity contribution is 0.0659. The third-order valence-corrected chi connectivity index (χ3v) is 7.03. The molecule has 1 aliphatic carbocycles. The van der Waals surface area contributed by atoms with E-state index >= 15 is 0 Å². The van der Waals surface area contributed by atoms with Gasteiger partial charge in [-0.25, -0.2) is 23.7 Å². The molecule has 37 heavy (non-hydrogen) atoms. The van der Waals surface area contributed by atoms with Gasteiger partial charge in [0.25, 0.3) is 0 Å². The van der Waals surface area contributed by atoms with Gasteiger partial charge in [-0.2, -0.15) is 0 Å². The molecule has 0 spiro atoms. The van der Waals surface area contributed by atoms with Crippen LogP contribution in [0.1, 0.15) is 31.2 Å². The number of hydrogen-bond acceptors (Lipinski definition) is 8. The molecule has 2 aliphatic rings. The van der Waals surface area contributed by atoms with Gasteiger partial charge in [-0.3, -0.25) is 4.98 Å². The van der Waals surface area contributed by atoms with Crippen molar-refractivity contribution in [3.05, 3.63) is 60.3 Å². The monoisotopic (exact) mass is 506 g/mol. The van der Waals surface area contributed by atoms with E-state index in [1.54, 1.807) is 12.5 Å². The number of fused-ring (bicyclic) bond motifs is 1. The summed E-state index contributed by atoms with van der Waals surface area (Å²) in [6.45, 7) is 2.38. The van der Waals surface area contributed by atoms with E-state index in [1.807, 2.05) is 10.6 Å². The maximum atomic E-state index is 14.0. The highest BCUT2D eigenvalue weighted by Crippen LogP contribution is 2.33. The Bertz CT molecular complexity index is 1460. The average molecular weight is 507 g/mol. The largest absolute Gasteiger partial charge is 0.382 e. The highest BCUT2D eigenvalue weighted by atomic mass is 19.2. The van der Waals surface area contributed by atoms with E-state index in [9.17, 15) is 8.78 Å². The van der Waals surface area contributed by atoms with Crippen molar-refractivity contribution in [2.45, 2.75) is 43.9 Å². The van der Waals surface area contributed by atoms with Crippen molar-refractivity contribution in [3.8, 4) is 11.3 Å².